The highest BCUT2D eigenvalue weighted by molar-refractivity contribution is 9.10. The summed E-state index contributed by atoms with van der Waals surface area (Å²) in [5, 5.41) is 3.33. The van der Waals surface area contributed by atoms with Crippen LogP contribution in [0.2, 0.25) is 0 Å². The Morgan fingerprint density at radius 1 is 1.15 bits per heavy atom. The van der Waals surface area contributed by atoms with Gasteiger partial charge in [0.25, 0.3) is 0 Å². The van der Waals surface area contributed by atoms with Gasteiger partial charge >= 0.3 is 0 Å². The van der Waals surface area contributed by atoms with Crippen LogP contribution < -0.4 is 5.32 Å². The van der Waals surface area contributed by atoms with Crippen molar-refractivity contribution >= 4 is 15.9 Å². The van der Waals surface area contributed by atoms with E-state index in [4.69, 9.17) is 0 Å². The molecule has 2 rings (SSSR count). The van der Waals surface area contributed by atoms with E-state index in [1.165, 1.54) is 11.6 Å². The van der Waals surface area contributed by atoms with Crippen LogP contribution in [0.25, 0.3) is 0 Å². The molecular weight excluding hydrogens is 317 g/mol. The van der Waals surface area contributed by atoms with Crippen LogP contribution in [0.3, 0.4) is 0 Å². The van der Waals surface area contributed by atoms with Gasteiger partial charge in [-0.3, -0.25) is 0 Å². The quantitative estimate of drug-likeness (QED) is 0.818. The zero-order valence-electron chi connectivity index (χ0n) is 11.6. The van der Waals surface area contributed by atoms with Crippen molar-refractivity contribution in [1.29, 1.82) is 0 Å². The van der Waals surface area contributed by atoms with Gasteiger partial charge in [0, 0.05) is 16.9 Å². The Labute approximate surface area is 128 Å². The summed E-state index contributed by atoms with van der Waals surface area (Å²) < 4.78 is 15.1. The van der Waals surface area contributed by atoms with Gasteiger partial charge in [0.2, 0.25) is 0 Å². The number of likely N-dealkylation sites (N-methyl/N-ethyl adjacent to an activating group) is 1. The van der Waals surface area contributed by atoms with Gasteiger partial charge in [0.15, 0.2) is 0 Å². The topological polar surface area (TPSA) is 12.0 Å². The summed E-state index contributed by atoms with van der Waals surface area (Å²) in [7, 11) is 0. The van der Waals surface area contributed by atoms with Gasteiger partial charge in [0.05, 0.1) is 0 Å². The van der Waals surface area contributed by atoms with Crippen LogP contribution in [0.1, 0.15) is 24.0 Å². The van der Waals surface area contributed by atoms with E-state index in [0.717, 1.165) is 29.5 Å². The van der Waals surface area contributed by atoms with Crippen molar-refractivity contribution < 1.29 is 4.39 Å². The second kappa shape index (κ2) is 7.55. The van der Waals surface area contributed by atoms with E-state index < -0.39 is 0 Å². The van der Waals surface area contributed by atoms with Crippen LogP contribution in [-0.4, -0.2) is 13.1 Å². The largest absolute Gasteiger partial charge is 0.316 e. The lowest BCUT2D eigenvalue weighted by Crippen LogP contribution is -2.23. The highest BCUT2D eigenvalue weighted by Crippen LogP contribution is 2.24. The lowest BCUT2D eigenvalue weighted by Gasteiger charge is -2.19. The minimum atomic E-state index is -0.120. The van der Waals surface area contributed by atoms with E-state index in [1.54, 1.807) is 6.07 Å². The number of rotatable bonds is 6. The third-order valence-electron chi connectivity index (χ3n) is 3.36. The van der Waals surface area contributed by atoms with Crippen molar-refractivity contribution in [2.24, 2.45) is 0 Å². The lowest BCUT2D eigenvalue weighted by molar-refractivity contribution is 0.544. The molecular formula is C17H19BrFN. The molecule has 3 heteroatoms. The van der Waals surface area contributed by atoms with Gasteiger partial charge < -0.3 is 5.32 Å². The van der Waals surface area contributed by atoms with Crippen LogP contribution in [0, 0.1) is 5.82 Å². The second-order valence-corrected chi connectivity index (χ2v) is 5.78. The Hall–Kier alpha value is -1.19. The Morgan fingerprint density at radius 2 is 1.95 bits per heavy atom. The first-order valence-electron chi connectivity index (χ1n) is 6.90. The van der Waals surface area contributed by atoms with E-state index in [-0.39, 0.29) is 11.7 Å². The Bertz CT molecular complexity index is 556. The zero-order valence-corrected chi connectivity index (χ0v) is 13.2. The van der Waals surface area contributed by atoms with Gasteiger partial charge in [-0.1, -0.05) is 53.2 Å². The molecule has 0 spiro atoms. The Kier molecular flexibility index (Phi) is 5.74. The fourth-order valence-electron chi connectivity index (χ4n) is 2.37. The van der Waals surface area contributed by atoms with Crippen molar-refractivity contribution in [2.75, 3.05) is 13.1 Å². The van der Waals surface area contributed by atoms with Gasteiger partial charge in [-0.2, -0.15) is 0 Å². The predicted molar refractivity (Wildman–Crippen MR) is 85.5 cm³/mol. The molecule has 1 unspecified atom stereocenters. The minimum Gasteiger partial charge on any atom is -0.316 e. The summed E-state index contributed by atoms with van der Waals surface area (Å²) in [6.07, 6.45) is 0.827. The molecule has 0 aromatic heterocycles. The van der Waals surface area contributed by atoms with Crippen molar-refractivity contribution in [3.05, 3.63) is 69.9 Å². The number of hydrogen-bond acceptors (Lipinski definition) is 1. The maximum atomic E-state index is 14.0. The first-order valence-corrected chi connectivity index (χ1v) is 7.69. The minimum absolute atomic E-state index is 0.120. The molecule has 0 aliphatic heterocycles. The van der Waals surface area contributed by atoms with E-state index in [1.807, 2.05) is 24.3 Å². The van der Waals surface area contributed by atoms with Crippen molar-refractivity contribution in [3.63, 3.8) is 0 Å². The van der Waals surface area contributed by atoms with Crippen LogP contribution in [0.5, 0.6) is 0 Å². The molecule has 1 atom stereocenters. The predicted octanol–water partition coefficient (Wildman–Crippen LogP) is 4.52. The fourth-order valence-corrected chi connectivity index (χ4v) is 2.81. The third-order valence-corrected chi connectivity index (χ3v) is 3.85. The van der Waals surface area contributed by atoms with E-state index in [0.29, 0.717) is 0 Å². The summed E-state index contributed by atoms with van der Waals surface area (Å²) in [5.41, 5.74) is 2.00. The molecule has 20 heavy (non-hydrogen) atoms. The van der Waals surface area contributed by atoms with E-state index in [2.05, 4.69) is 40.3 Å². The standard InChI is InChI=1S/C17H19BrFN/c1-2-20-12-14(16-8-3-4-9-17(16)19)10-13-6-5-7-15(18)11-13/h3-9,11,14,20H,2,10,12H2,1H3. The van der Waals surface area contributed by atoms with Crippen LogP contribution in [0.15, 0.2) is 53.0 Å². The summed E-state index contributed by atoms with van der Waals surface area (Å²) in [4.78, 5) is 0. The Balaban J connectivity index is 2.22. The molecule has 0 radical (unpaired) electrons. The molecule has 0 amide bonds. The number of hydrogen-bond donors (Lipinski definition) is 1. The number of nitrogens with one attached hydrogen (secondary N) is 1. The molecule has 0 aliphatic rings. The molecule has 0 saturated heterocycles. The summed E-state index contributed by atoms with van der Waals surface area (Å²) in [5.74, 6) is 0.0239. The molecule has 0 fully saturated rings. The van der Waals surface area contributed by atoms with Gasteiger partial charge in [-0.05, 0) is 42.3 Å². The van der Waals surface area contributed by atoms with Gasteiger partial charge in [-0.25, -0.2) is 4.39 Å². The smallest absolute Gasteiger partial charge is 0.126 e. The number of halogens is 2. The molecule has 2 aromatic carbocycles. The zero-order chi connectivity index (χ0) is 14.4. The highest BCUT2D eigenvalue weighted by Gasteiger charge is 2.15. The van der Waals surface area contributed by atoms with Crippen molar-refractivity contribution in [2.45, 2.75) is 19.3 Å². The maximum Gasteiger partial charge on any atom is 0.126 e. The molecule has 0 heterocycles. The average Bonchev–Trinajstić information content (AvgIpc) is 2.44. The molecule has 0 aliphatic carbocycles. The van der Waals surface area contributed by atoms with E-state index >= 15 is 0 Å². The van der Waals surface area contributed by atoms with Gasteiger partial charge in [-0.15, -0.1) is 0 Å². The van der Waals surface area contributed by atoms with Gasteiger partial charge in [0.1, 0.15) is 5.82 Å². The summed E-state index contributed by atoms with van der Waals surface area (Å²) in [6.45, 7) is 3.74. The average molecular weight is 336 g/mol. The second-order valence-electron chi connectivity index (χ2n) is 4.86. The molecule has 2 aromatic rings. The molecule has 106 valence electrons. The highest BCUT2D eigenvalue weighted by atomic mass is 79.9. The molecule has 1 N–H and O–H groups in total. The van der Waals surface area contributed by atoms with Crippen molar-refractivity contribution in [3.8, 4) is 0 Å². The van der Waals surface area contributed by atoms with Crippen LogP contribution in [-0.2, 0) is 6.42 Å². The summed E-state index contributed by atoms with van der Waals surface area (Å²) in [6, 6.07) is 15.3. The normalized spacial score (nSPS) is 12.3. The fraction of sp³-hybridized carbons (Fsp3) is 0.294. The first kappa shape index (κ1) is 15.2. The Morgan fingerprint density at radius 3 is 2.65 bits per heavy atom. The first-order chi connectivity index (χ1) is 9.70. The van der Waals surface area contributed by atoms with Crippen molar-refractivity contribution in [1.82, 2.24) is 5.32 Å². The van der Waals surface area contributed by atoms with Crippen LogP contribution in [0.4, 0.5) is 4.39 Å². The molecule has 1 nitrogen and oxygen atoms in total. The SMILES string of the molecule is CCNCC(Cc1cccc(Br)c1)c1ccccc1F. The third kappa shape index (κ3) is 4.15. The molecule has 0 saturated carbocycles. The molecule has 0 bridgehead atoms. The maximum absolute atomic E-state index is 14.0. The monoisotopic (exact) mass is 335 g/mol. The van der Waals surface area contributed by atoms with E-state index in [9.17, 15) is 4.39 Å². The number of benzene rings is 2. The summed E-state index contributed by atoms with van der Waals surface area (Å²) >= 11 is 3.49. The lowest BCUT2D eigenvalue weighted by atomic mass is 9.91. The van der Waals surface area contributed by atoms with Crippen LogP contribution >= 0.6 is 15.9 Å².